The van der Waals surface area contributed by atoms with Gasteiger partial charge in [-0.2, -0.15) is 10.1 Å². The van der Waals surface area contributed by atoms with Crippen molar-refractivity contribution in [2.75, 3.05) is 5.43 Å². The van der Waals surface area contributed by atoms with Gasteiger partial charge in [0.1, 0.15) is 0 Å². The van der Waals surface area contributed by atoms with Crippen LogP contribution in [-0.4, -0.2) is 33.6 Å². The predicted molar refractivity (Wildman–Crippen MR) is 111 cm³/mol. The van der Waals surface area contributed by atoms with Gasteiger partial charge in [0.25, 0.3) is 17.7 Å². The molecule has 3 aliphatic rings. The Balaban J connectivity index is 1.36. The molecule has 30 heavy (non-hydrogen) atoms. The van der Waals surface area contributed by atoms with Crippen LogP contribution in [0.15, 0.2) is 53.7 Å². The van der Waals surface area contributed by atoms with E-state index in [4.69, 9.17) is 0 Å². The van der Waals surface area contributed by atoms with Crippen molar-refractivity contribution >= 4 is 23.9 Å². The normalized spacial score (nSPS) is 26.8. The molecule has 1 saturated heterocycles. The Hall–Kier alpha value is -3.48. The quantitative estimate of drug-likeness (QED) is 0.485. The Morgan fingerprint density at radius 3 is 2.33 bits per heavy atom. The molecule has 3 amide bonds. The number of rotatable bonds is 4. The lowest BCUT2D eigenvalue weighted by Crippen LogP contribution is -2.28. The van der Waals surface area contributed by atoms with Gasteiger partial charge >= 0.3 is 0 Å². The minimum Gasteiger partial charge on any atom is -0.272 e. The van der Waals surface area contributed by atoms with Crippen molar-refractivity contribution in [1.29, 1.82) is 0 Å². The monoisotopic (exact) mass is 402 g/mol. The van der Waals surface area contributed by atoms with E-state index in [2.05, 4.69) is 22.7 Å². The van der Waals surface area contributed by atoms with Crippen LogP contribution in [-0.2, 0) is 9.59 Å². The molecule has 4 unspecified atom stereocenters. The molecule has 2 bridgehead atoms. The van der Waals surface area contributed by atoms with Gasteiger partial charge in [-0.3, -0.25) is 24.5 Å². The van der Waals surface area contributed by atoms with E-state index in [-0.39, 0.29) is 41.4 Å². The van der Waals surface area contributed by atoms with Gasteiger partial charge < -0.3 is 0 Å². The molecule has 4 atom stereocenters. The predicted octanol–water partition coefficient (Wildman–Crippen LogP) is 2.63. The molecule has 1 aromatic carbocycles. The second kappa shape index (κ2) is 6.79. The number of fused-ring (bicyclic) bond motifs is 5. The number of imide groups is 1. The highest BCUT2D eigenvalue weighted by Crippen LogP contribution is 2.52. The van der Waals surface area contributed by atoms with Crippen LogP contribution in [0.2, 0.25) is 0 Å². The molecule has 5 rings (SSSR count). The summed E-state index contributed by atoms with van der Waals surface area (Å²) in [6, 6.07) is 10.8. The Bertz CT molecular complexity index is 1080. The fraction of sp³-hybridized carbons (Fsp3) is 0.304. The zero-order chi connectivity index (χ0) is 21.0. The maximum Gasteiger partial charge on any atom is 0.270 e. The minimum absolute atomic E-state index is 0.162. The number of hydrogen-bond acceptors (Lipinski definition) is 4. The summed E-state index contributed by atoms with van der Waals surface area (Å²) in [6.45, 7) is 3.72. The van der Waals surface area contributed by atoms with Crippen molar-refractivity contribution in [1.82, 2.24) is 9.69 Å². The van der Waals surface area contributed by atoms with E-state index in [1.54, 1.807) is 16.8 Å². The van der Waals surface area contributed by atoms with E-state index in [1.807, 2.05) is 38.1 Å². The average Bonchev–Trinajstić information content (AvgIpc) is 3.48. The number of hydrogen-bond donors (Lipinski definition) is 1. The Morgan fingerprint density at radius 2 is 1.70 bits per heavy atom. The van der Waals surface area contributed by atoms with Crippen LogP contribution in [0.4, 0.5) is 0 Å². The summed E-state index contributed by atoms with van der Waals surface area (Å²) in [6.07, 6.45) is 6.55. The standard InChI is InChI=1S/C23H22N4O3/c1-13-10-18(14(2)26(13)25-21(28)15-6-4-3-5-7-15)12-24-27-22(29)19-16-8-9-17(11-16)20(19)23(27)30/h3-10,12,16-17,19-20H,11H2,1-2H3,(H,25,28). The Kier molecular flexibility index (Phi) is 4.20. The number of benzene rings is 1. The molecule has 7 heteroatoms. The third-order valence-corrected chi connectivity index (χ3v) is 6.48. The molecule has 1 aliphatic heterocycles. The van der Waals surface area contributed by atoms with Crippen molar-refractivity contribution in [3.8, 4) is 0 Å². The summed E-state index contributed by atoms with van der Waals surface area (Å²) in [7, 11) is 0. The average molecular weight is 402 g/mol. The summed E-state index contributed by atoms with van der Waals surface area (Å²) >= 11 is 0. The molecule has 1 N–H and O–H groups in total. The molecule has 0 spiro atoms. The molecule has 0 radical (unpaired) electrons. The molecule has 152 valence electrons. The van der Waals surface area contributed by atoms with Gasteiger partial charge in [-0.25, -0.2) is 0 Å². The van der Waals surface area contributed by atoms with Crippen LogP contribution < -0.4 is 5.43 Å². The number of carbonyl (C=O) groups is 3. The van der Waals surface area contributed by atoms with Gasteiger partial charge in [-0.05, 0) is 50.3 Å². The van der Waals surface area contributed by atoms with Crippen LogP contribution >= 0.6 is 0 Å². The van der Waals surface area contributed by atoms with Crippen LogP contribution in [0.5, 0.6) is 0 Å². The molecule has 2 fully saturated rings. The van der Waals surface area contributed by atoms with E-state index in [0.29, 0.717) is 5.56 Å². The second-order valence-corrected chi connectivity index (χ2v) is 8.20. The lowest BCUT2D eigenvalue weighted by molar-refractivity contribution is -0.140. The first-order valence-electron chi connectivity index (χ1n) is 10.1. The zero-order valence-electron chi connectivity index (χ0n) is 16.8. The number of aryl methyl sites for hydroxylation is 1. The number of nitrogens with one attached hydrogen (secondary N) is 1. The van der Waals surface area contributed by atoms with E-state index in [9.17, 15) is 14.4 Å². The largest absolute Gasteiger partial charge is 0.272 e. The van der Waals surface area contributed by atoms with Crippen molar-refractivity contribution < 1.29 is 14.4 Å². The van der Waals surface area contributed by atoms with Crippen molar-refractivity contribution in [3.05, 3.63) is 71.1 Å². The van der Waals surface area contributed by atoms with E-state index in [1.165, 1.54) is 6.21 Å². The van der Waals surface area contributed by atoms with Gasteiger partial charge in [0.05, 0.1) is 18.1 Å². The maximum atomic E-state index is 12.8. The molecule has 2 aliphatic carbocycles. The van der Waals surface area contributed by atoms with Gasteiger partial charge in [-0.1, -0.05) is 30.4 Å². The van der Waals surface area contributed by atoms with Crippen molar-refractivity contribution in [3.63, 3.8) is 0 Å². The fourth-order valence-electron chi connectivity index (χ4n) is 4.97. The highest BCUT2D eigenvalue weighted by molar-refractivity contribution is 6.07. The number of hydrazone groups is 1. The first-order chi connectivity index (χ1) is 14.5. The summed E-state index contributed by atoms with van der Waals surface area (Å²) in [5.74, 6) is -0.829. The molecule has 1 aromatic heterocycles. The first kappa shape index (κ1) is 18.5. The van der Waals surface area contributed by atoms with Gasteiger partial charge in [-0.15, -0.1) is 0 Å². The van der Waals surface area contributed by atoms with E-state index >= 15 is 0 Å². The van der Waals surface area contributed by atoms with Crippen molar-refractivity contribution in [2.24, 2.45) is 28.8 Å². The fourth-order valence-corrected chi connectivity index (χ4v) is 4.97. The number of aromatic nitrogens is 1. The Labute approximate surface area is 174 Å². The van der Waals surface area contributed by atoms with Gasteiger partial charge in [0.2, 0.25) is 0 Å². The number of amides is 3. The van der Waals surface area contributed by atoms with Crippen LogP contribution in [0.1, 0.15) is 33.7 Å². The number of nitrogens with zero attached hydrogens (tertiary/aromatic N) is 3. The van der Waals surface area contributed by atoms with Gasteiger partial charge in [0, 0.05) is 22.5 Å². The van der Waals surface area contributed by atoms with Crippen molar-refractivity contribution in [2.45, 2.75) is 20.3 Å². The summed E-state index contributed by atoms with van der Waals surface area (Å²) in [5.41, 5.74) is 5.75. The summed E-state index contributed by atoms with van der Waals surface area (Å²) in [5, 5.41) is 5.28. The third-order valence-electron chi connectivity index (χ3n) is 6.48. The minimum atomic E-state index is -0.262. The topological polar surface area (TPSA) is 83.8 Å². The molecule has 1 saturated carbocycles. The lowest BCUT2D eigenvalue weighted by Gasteiger charge is -2.13. The molecule has 7 nitrogen and oxygen atoms in total. The molecule has 2 heterocycles. The van der Waals surface area contributed by atoms with Crippen LogP contribution in [0, 0.1) is 37.5 Å². The van der Waals surface area contributed by atoms with Crippen LogP contribution in [0.3, 0.4) is 0 Å². The zero-order valence-corrected chi connectivity index (χ0v) is 16.8. The smallest absolute Gasteiger partial charge is 0.270 e. The lowest BCUT2D eigenvalue weighted by atomic mass is 9.85. The highest BCUT2D eigenvalue weighted by atomic mass is 16.2. The van der Waals surface area contributed by atoms with E-state index < -0.39 is 0 Å². The maximum absolute atomic E-state index is 12.8. The Morgan fingerprint density at radius 1 is 1.07 bits per heavy atom. The number of allylic oxidation sites excluding steroid dienone is 2. The molecule has 2 aromatic rings. The van der Waals surface area contributed by atoms with E-state index in [0.717, 1.165) is 28.4 Å². The second-order valence-electron chi connectivity index (χ2n) is 8.20. The first-order valence-corrected chi connectivity index (χ1v) is 10.1. The third kappa shape index (κ3) is 2.73. The summed E-state index contributed by atoms with van der Waals surface area (Å²) in [4.78, 5) is 38.0. The van der Waals surface area contributed by atoms with Gasteiger partial charge in [0.15, 0.2) is 0 Å². The molecular formula is C23H22N4O3. The number of carbonyl (C=O) groups excluding carboxylic acids is 3. The summed E-state index contributed by atoms with van der Waals surface area (Å²) < 4.78 is 1.68. The highest BCUT2D eigenvalue weighted by Gasteiger charge is 2.59. The van der Waals surface area contributed by atoms with Crippen LogP contribution in [0.25, 0.3) is 0 Å². The SMILES string of the molecule is Cc1cc(C=NN2C(=O)C3C4C=CC(C4)C3C2=O)c(C)n1NC(=O)c1ccccc1. The molecular weight excluding hydrogens is 380 g/mol.